The minimum atomic E-state index is -0.422. The number of carbonyl (C=O) groups is 1. The molecule has 0 aliphatic heterocycles. The van der Waals surface area contributed by atoms with E-state index in [9.17, 15) is 4.79 Å². The predicted molar refractivity (Wildman–Crippen MR) is 96.6 cm³/mol. The van der Waals surface area contributed by atoms with Crippen molar-refractivity contribution < 1.29 is 14.3 Å². The van der Waals surface area contributed by atoms with Gasteiger partial charge in [0.15, 0.2) is 0 Å². The van der Waals surface area contributed by atoms with Crippen molar-refractivity contribution in [3.05, 3.63) is 64.6 Å². The maximum absolute atomic E-state index is 11.7. The first kappa shape index (κ1) is 16.5. The van der Waals surface area contributed by atoms with Crippen LogP contribution in [0.1, 0.15) is 5.01 Å². The van der Waals surface area contributed by atoms with Crippen molar-refractivity contribution >= 4 is 45.2 Å². The van der Waals surface area contributed by atoms with Crippen LogP contribution in [0.2, 0.25) is 5.02 Å². The highest BCUT2D eigenvalue weighted by Crippen LogP contribution is 2.22. The van der Waals surface area contributed by atoms with Crippen molar-refractivity contribution in [2.75, 3.05) is 13.2 Å². The molecule has 6 heteroatoms. The van der Waals surface area contributed by atoms with E-state index in [0.29, 0.717) is 10.8 Å². The summed E-state index contributed by atoms with van der Waals surface area (Å²) < 4.78 is 11.6. The largest absolute Gasteiger partial charge is 0.490 e. The van der Waals surface area contributed by atoms with Gasteiger partial charge in [-0.3, -0.25) is 0 Å². The lowest BCUT2D eigenvalue weighted by Crippen LogP contribution is -2.10. The Bertz CT molecular complexity index is 825. The second-order valence-corrected chi connectivity index (χ2v) is 6.32. The van der Waals surface area contributed by atoms with Crippen molar-refractivity contribution in [2.24, 2.45) is 0 Å². The fraction of sp³-hybridized carbons (Fsp3) is 0.111. The number of esters is 1. The highest BCUT2D eigenvalue weighted by Gasteiger charge is 2.02. The molecule has 0 bridgehead atoms. The Morgan fingerprint density at radius 1 is 1.12 bits per heavy atom. The van der Waals surface area contributed by atoms with E-state index in [0.717, 1.165) is 15.2 Å². The highest BCUT2D eigenvalue weighted by molar-refractivity contribution is 7.19. The number of aromatic nitrogens is 1. The van der Waals surface area contributed by atoms with E-state index >= 15 is 0 Å². The van der Waals surface area contributed by atoms with E-state index in [4.69, 9.17) is 21.1 Å². The van der Waals surface area contributed by atoms with Crippen LogP contribution < -0.4 is 4.74 Å². The Balaban J connectivity index is 1.44. The molecule has 0 spiro atoms. The molecular weight excluding hydrogens is 346 g/mol. The standard InChI is InChI=1S/C18H14ClNO3S/c19-13-5-7-14(8-6-13)22-11-12-23-18(21)10-9-17-20-15-3-1-2-4-16(15)24-17/h1-10H,11-12H2/b10-9+. The van der Waals surface area contributed by atoms with Crippen LogP contribution in [-0.4, -0.2) is 24.2 Å². The van der Waals surface area contributed by atoms with Gasteiger partial charge in [0.2, 0.25) is 0 Å². The van der Waals surface area contributed by atoms with Gasteiger partial charge in [0.25, 0.3) is 0 Å². The number of fused-ring (bicyclic) bond motifs is 1. The van der Waals surface area contributed by atoms with E-state index in [2.05, 4.69) is 4.98 Å². The van der Waals surface area contributed by atoms with Gasteiger partial charge in [-0.2, -0.15) is 0 Å². The summed E-state index contributed by atoms with van der Waals surface area (Å²) in [4.78, 5) is 16.1. The maximum Gasteiger partial charge on any atom is 0.330 e. The van der Waals surface area contributed by atoms with Crippen molar-refractivity contribution in [3.63, 3.8) is 0 Å². The molecule has 0 atom stereocenters. The van der Waals surface area contributed by atoms with Gasteiger partial charge in [-0.1, -0.05) is 23.7 Å². The fourth-order valence-corrected chi connectivity index (χ4v) is 2.98. The van der Waals surface area contributed by atoms with Gasteiger partial charge < -0.3 is 9.47 Å². The first-order valence-corrected chi connectivity index (χ1v) is 8.49. The molecule has 1 heterocycles. The molecule has 122 valence electrons. The molecule has 0 unspecified atom stereocenters. The lowest BCUT2D eigenvalue weighted by atomic mass is 10.3. The number of thiazole rings is 1. The molecule has 0 saturated carbocycles. The van der Waals surface area contributed by atoms with Crippen LogP contribution in [0.5, 0.6) is 5.75 Å². The average molecular weight is 360 g/mol. The summed E-state index contributed by atoms with van der Waals surface area (Å²) in [5.41, 5.74) is 0.923. The summed E-state index contributed by atoms with van der Waals surface area (Å²) in [6.45, 7) is 0.452. The third-order valence-corrected chi connectivity index (χ3v) is 4.34. The third kappa shape index (κ3) is 4.57. The highest BCUT2D eigenvalue weighted by atomic mass is 35.5. The zero-order valence-corrected chi connectivity index (χ0v) is 14.2. The Morgan fingerprint density at radius 3 is 2.71 bits per heavy atom. The molecule has 0 aliphatic carbocycles. The molecule has 0 radical (unpaired) electrons. The molecule has 4 nitrogen and oxygen atoms in total. The van der Waals surface area contributed by atoms with Crippen LogP contribution >= 0.6 is 22.9 Å². The van der Waals surface area contributed by atoms with Gasteiger partial charge >= 0.3 is 5.97 Å². The molecule has 24 heavy (non-hydrogen) atoms. The van der Waals surface area contributed by atoms with Gasteiger partial charge in [0.1, 0.15) is 24.0 Å². The van der Waals surface area contributed by atoms with E-state index in [1.165, 1.54) is 17.4 Å². The molecule has 1 aromatic heterocycles. The van der Waals surface area contributed by atoms with E-state index in [1.807, 2.05) is 24.3 Å². The number of hydrogen-bond donors (Lipinski definition) is 0. The Morgan fingerprint density at radius 2 is 1.92 bits per heavy atom. The number of nitrogens with zero attached hydrogens (tertiary/aromatic N) is 1. The topological polar surface area (TPSA) is 48.4 Å². The molecule has 0 aliphatic rings. The van der Waals surface area contributed by atoms with Crippen LogP contribution in [0.3, 0.4) is 0 Å². The van der Waals surface area contributed by atoms with E-state index < -0.39 is 5.97 Å². The molecule has 3 aromatic rings. The van der Waals surface area contributed by atoms with Gasteiger partial charge in [-0.25, -0.2) is 9.78 Å². The van der Waals surface area contributed by atoms with Gasteiger partial charge in [0, 0.05) is 11.1 Å². The molecule has 0 N–H and O–H groups in total. The summed E-state index contributed by atoms with van der Waals surface area (Å²) >= 11 is 7.31. The minimum Gasteiger partial charge on any atom is -0.490 e. The second kappa shape index (κ2) is 7.95. The smallest absolute Gasteiger partial charge is 0.330 e. The zero-order chi connectivity index (χ0) is 16.8. The van der Waals surface area contributed by atoms with Crippen LogP contribution in [0, 0.1) is 0 Å². The van der Waals surface area contributed by atoms with Crippen LogP contribution in [-0.2, 0) is 9.53 Å². The third-order valence-electron chi connectivity index (χ3n) is 3.08. The second-order valence-electron chi connectivity index (χ2n) is 4.82. The molecule has 2 aromatic carbocycles. The van der Waals surface area contributed by atoms with E-state index in [-0.39, 0.29) is 13.2 Å². The first-order valence-electron chi connectivity index (χ1n) is 7.29. The summed E-state index contributed by atoms with van der Waals surface area (Å²) in [5.74, 6) is 0.259. The monoisotopic (exact) mass is 359 g/mol. The average Bonchev–Trinajstić information content (AvgIpc) is 3.01. The maximum atomic E-state index is 11.7. The number of para-hydroxylation sites is 1. The van der Waals surface area contributed by atoms with Crippen molar-refractivity contribution in [1.29, 1.82) is 0 Å². The minimum absolute atomic E-state index is 0.172. The van der Waals surface area contributed by atoms with Gasteiger partial charge in [-0.05, 0) is 42.5 Å². The van der Waals surface area contributed by atoms with Crippen LogP contribution in [0.4, 0.5) is 0 Å². The zero-order valence-electron chi connectivity index (χ0n) is 12.6. The van der Waals surface area contributed by atoms with Crippen molar-refractivity contribution in [2.45, 2.75) is 0 Å². The van der Waals surface area contributed by atoms with Gasteiger partial charge in [0.05, 0.1) is 10.2 Å². The SMILES string of the molecule is O=C(/C=C/c1nc2ccccc2s1)OCCOc1ccc(Cl)cc1. The number of hydrogen-bond acceptors (Lipinski definition) is 5. The summed E-state index contributed by atoms with van der Waals surface area (Å²) in [5, 5.41) is 1.42. The number of rotatable bonds is 6. The molecular formula is C18H14ClNO3S. The number of carbonyl (C=O) groups excluding carboxylic acids is 1. The number of ether oxygens (including phenoxy) is 2. The van der Waals surface area contributed by atoms with Gasteiger partial charge in [-0.15, -0.1) is 11.3 Å². The van der Waals surface area contributed by atoms with E-state index in [1.54, 1.807) is 30.3 Å². The number of halogens is 1. The van der Waals surface area contributed by atoms with Crippen LogP contribution in [0.25, 0.3) is 16.3 Å². The fourth-order valence-electron chi connectivity index (χ4n) is 1.98. The molecule has 0 amide bonds. The Kier molecular flexibility index (Phi) is 5.46. The van der Waals surface area contributed by atoms with Crippen LogP contribution in [0.15, 0.2) is 54.6 Å². The molecule has 0 fully saturated rings. The lowest BCUT2D eigenvalue weighted by molar-refractivity contribution is -0.138. The van der Waals surface area contributed by atoms with Crippen molar-refractivity contribution in [3.8, 4) is 5.75 Å². The van der Waals surface area contributed by atoms with Crippen molar-refractivity contribution in [1.82, 2.24) is 4.98 Å². The molecule has 3 rings (SSSR count). The number of benzene rings is 2. The Hall–Kier alpha value is -2.37. The lowest BCUT2D eigenvalue weighted by Gasteiger charge is -2.06. The quantitative estimate of drug-likeness (QED) is 0.367. The summed E-state index contributed by atoms with van der Waals surface area (Å²) in [6, 6.07) is 14.8. The normalized spacial score (nSPS) is 11.0. The molecule has 0 saturated heterocycles. The summed E-state index contributed by atoms with van der Waals surface area (Å²) in [6.07, 6.45) is 3.03. The predicted octanol–water partition coefficient (Wildman–Crippen LogP) is 4.59. The summed E-state index contributed by atoms with van der Waals surface area (Å²) in [7, 11) is 0. The first-order chi connectivity index (χ1) is 11.7. The Labute approximate surface area is 148 Å².